The maximum atomic E-state index is 6.60. The topological polar surface area (TPSA) is 16.4 Å². The first-order valence-corrected chi connectivity index (χ1v) is 20.8. The minimum atomic E-state index is -0.357. The smallest absolute Gasteiger partial charge is 0.136 e. The van der Waals surface area contributed by atoms with Crippen molar-refractivity contribution in [3.8, 4) is 44.5 Å². The molecule has 0 N–H and O–H groups in total. The highest BCUT2D eigenvalue weighted by Gasteiger charge is 2.48. The van der Waals surface area contributed by atoms with Crippen molar-refractivity contribution in [2.45, 2.75) is 12.3 Å². The first-order valence-electron chi connectivity index (χ1n) is 20.8. The van der Waals surface area contributed by atoms with E-state index in [1.165, 1.54) is 83.0 Å². The third kappa shape index (κ3) is 4.59. The number of nitrogens with zero attached hydrogens (tertiary/aromatic N) is 1. The molecule has 11 aromatic rings. The second-order valence-corrected chi connectivity index (χ2v) is 16.5. The zero-order chi connectivity index (χ0) is 39.5. The zero-order valence-corrected chi connectivity index (χ0v) is 33.0. The van der Waals surface area contributed by atoms with E-state index in [0.29, 0.717) is 0 Å². The highest BCUT2D eigenvalue weighted by molar-refractivity contribution is 6.17. The first kappa shape index (κ1) is 33.3. The lowest BCUT2D eigenvalue weighted by molar-refractivity contribution is 0.669. The van der Waals surface area contributed by atoms with Crippen LogP contribution in [0.4, 0.5) is 17.1 Å². The van der Waals surface area contributed by atoms with Gasteiger partial charge in [0.25, 0.3) is 0 Å². The van der Waals surface area contributed by atoms with Gasteiger partial charge in [-0.2, -0.15) is 0 Å². The molecule has 1 aliphatic carbocycles. The summed E-state index contributed by atoms with van der Waals surface area (Å²) in [5, 5.41) is 7.19. The van der Waals surface area contributed by atoms with Crippen LogP contribution in [-0.2, 0) is 5.41 Å². The van der Waals surface area contributed by atoms with Gasteiger partial charge >= 0.3 is 0 Å². The molecule has 0 bridgehead atoms. The summed E-state index contributed by atoms with van der Waals surface area (Å²) >= 11 is 0. The van der Waals surface area contributed by atoms with Gasteiger partial charge < -0.3 is 9.32 Å². The number of furan rings is 1. The van der Waals surface area contributed by atoms with Crippen molar-refractivity contribution in [1.82, 2.24) is 0 Å². The summed E-state index contributed by atoms with van der Waals surface area (Å²) in [5.74, 6) is 0. The van der Waals surface area contributed by atoms with Crippen LogP contribution >= 0.6 is 0 Å². The van der Waals surface area contributed by atoms with Crippen LogP contribution < -0.4 is 4.90 Å². The number of anilines is 3. The normalized spacial score (nSPS) is 15.1. The fourth-order valence-electron chi connectivity index (χ4n) is 10.7. The van der Waals surface area contributed by atoms with Gasteiger partial charge in [-0.3, -0.25) is 0 Å². The molecule has 2 heterocycles. The van der Waals surface area contributed by atoms with E-state index >= 15 is 0 Å². The van der Waals surface area contributed by atoms with Gasteiger partial charge in [0.2, 0.25) is 0 Å². The second kappa shape index (κ2) is 12.4. The molecule has 10 aromatic carbocycles. The van der Waals surface area contributed by atoms with Crippen LogP contribution in [0.2, 0.25) is 0 Å². The molecule has 1 atom stereocenters. The van der Waals surface area contributed by atoms with E-state index in [1.807, 2.05) is 0 Å². The van der Waals surface area contributed by atoms with Crippen molar-refractivity contribution in [3.63, 3.8) is 0 Å². The Kier molecular flexibility index (Phi) is 6.89. The number of rotatable bonds is 4. The van der Waals surface area contributed by atoms with Crippen LogP contribution in [-0.4, -0.2) is 0 Å². The Bertz CT molecular complexity index is 3570. The molecule has 0 fully saturated rings. The number of benzene rings is 10. The van der Waals surface area contributed by atoms with Gasteiger partial charge in [0.05, 0.1) is 17.1 Å². The van der Waals surface area contributed by atoms with Gasteiger partial charge in [-0.15, -0.1) is 0 Å². The standard InChI is InChI=1S/C58H37NO/c1-58-49-23-8-6-18-44(49)47-22-11-25-53(57(47)58)59(52-32-31-41(34-50(52)58)36-27-29-38(30-28-36)43-20-10-16-37-13-4-5-17-42(37)43)51-24-9-7-19-45(51)46-21-12-26-54-56(46)48-33-39-14-2-3-15-40(39)35-55(48)60-54/h2-35H,1H3. The molecular formula is C58H37NO. The lowest BCUT2D eigenvalue weighted by Gasteiger charge is -2.43. The Morgan fingerprint density at radius 3 is 1.87 bits per heavy atom. The summed E-state index contributed by atoms with van der Waals surface area (Å²) in [5.41, 5.74) is 18.8. The second-order valence-electron chi connectivity index (χ2n) is 16.5. The van der Waals surface area contributed by atoms with Crippen molar-refractivity contribution < 1.29 is 4.42 Å². The van der Waals surface area contributed by atoms with E-state index in [4.69, 9.17) is 4.42 Å². The van der Waals surface area contributed by atoms with Gasteiger partial charge in [-0.25, -0.2) is 0 Å². The molecule has 0 saturated heterocycles. The minimum absolute atomic E-state index is 0.357. The molecular weight excluding hydrogens is 727 g/mol. The van der Waals surface area contributed by atoms with Gasteiger partial charge in [-0.05, 0) is 127 Å². The van der Waals surface area contributed by atoms with E-state index in [0.717, 1.165) is 38.8 Å². The summed E-state index contributed by atoms with van der Waals surface area (Å²) in [4.78, 5) is 2.53. The summed E-state index contributed by atoms with van der Waals surface area (Å²) in [6, 6.07) is 75.8. The van der Waals surface area contributed by atoms with Crippen LogP contribution in [0.15, 0.2) is 211 Å². The Hall–Kier alpha value is -7.68. The predicted octanol–water partition coefficient (Wildman–Crippen LogP) is 16.0. The number of hydrogen-bond donors (Lipinski definition) is 0. The molecule has 60 heavy (non-hydrogen) atoms. The molecule has 0 spiro atoms. The van der Waals surface area contributed by atoms with Crippen molar-refractivity contribution in [3.05, 3.63) is 223 Å². The SMILES string of the molecule is CC12c3ccccc3-c3cccc(c31)N(c1ccccc1-c1cccc3oc4cc5ccccc5cc4c13)c1ccc(-c3ccc(-c4cccc5ccccc45)cc3)cc12. The summed E-state index contributed by atoms with van der Waals surface area (Å²) in [6.45, 7) is 2.44. The van der Waals surface area contributed by atoms with E-state index in [-0.39, 0.29) is 5.41 Å². The van der Waals surface area contributed by atoms with Crippen LogP contribution in [0, 0.1) is 0 Å². The number of fused-ring (bicyclic) bond motifs is 10. The summed E-state index contributed by atoms with van der Waals surface area (Å²) in [7, 11) is 0. The van der Waals surface area contributed by atoms with Crippen molar-refractivity contribution >= 4 is 60.5 Å². The molecule has 280 valence electrons. The monoisotopic (exact) mass is 763 g/mol. The Labute approximate surface area is 348 Å². The van der Waals surface area contributed by atoms with Crippen LogP contribution in [0.1, 0.15) is 23.6 Å². The molecule has 0 amide bonds. The minimum Gasteiger partial charge on any atom is -0.456 e. The quantitative estimate of drug-likeness (QED) is 0.177. The van der Waals surface area contributed by atoms with Gasteiger partial charge in [0, 0.05) is 21.8 Å². The third-order valence-electron chi connectivity index (χ3n) is 13.4. The van der Waals surface area contributed by atoms with E-state index < -0.39 is 0 Å². The zero-order valence-electron chi connectivity index (χ0n) is 33.0. The largest absolute Gasteiger partial charge is 0.456 e. The molecule has 0 radical (unpaired) electrons. The molecule has 2 nitrogen and oxygen atoms in total. The van der Waals surface area contributed by atoms with Gasteiger partial charge in [-0.1, -0.05) is 164 Å². The van der Waals surface area contributed by atoms with Crippen LogP contribution in [0.3, 0.4) is 0 Å². The predicted molar refractivity (Wildman–Crippen MR) is 251 cm³/mol. The van der Waals surface area contributed by atoms with Gasteiger partial charge in [0.1, 0.15) is 11.2 Å². The Morgan fingerprint density at radius 1 is 0.367 bits per heavy atom. The van der Waals surface area contributed by atoms with E-state index in [2.05, 4.69) is 218 Å². The maximum Gasteiger partial charge on any atom is 0.136 e. The lowest BCUT2D eigenvalue weighted by Crippen LogP contribution is -2.32. The lowest BCUT2D eigenvalue weighted by atomic mass is 9.70. The number of para-hydroxylation sites is 1. The van der Waals surface area contributed by atoms with Crippen molar-refractivity contribution in [2.24, 2.45) is 0 Å². The highest BCUT2D eigenvalue weighted by Crippen LogP contribution is 2.63. The molecule has 1 unspecified atom stereocenters. The molecule has 1 aromatic heterocycles. The first-order chi connectivity index (χ1) is 29.6. The molecule has 2 heteroatoms. The third-order valence-corrected chi connectivity index (χ3v) is 13.4. The van der Waals surface area contributed by atoms with Crippen molar-refractivity contribution in [1.29, 1.82) is 0 Å². The molecule has 1 aliphatic heterocycles. The highest BCUT2D eigenvalue weighted by atomic mass is 16.3. The van der Waals surface area contributed by atoms with Crippen LogP contribution in [0.5, 0.6) is 0 Å². The Balaban J connectivity index is 1.02. The van der Waals surface area contributed by atoms with E-state index in [9.17, 15) is 0 Å². The molecule has 2 aliphatic rings. The summed E-state index contributed by atoms with van der Waals surface area (Å²) < 4.78 is 6.60. The average Bonchev–Trinajstić information content (AvgIpc) is 3.81. The van der Waals surface area contributed by atoms with E-state index in [1.54, 1.807) is 0 Å². The summed E-state index contributed by atoms with van der Waals surface area (Å²) in [6.07, 6.45) is 0. The fraction of sp³-hybridized carbons (Fsp3) is 0.0345. The average molecular weight is 764 g/mol. The van der Waals surface area contributed by atoms with Gasteiger partial charge in [0.15, 0.2) is 0 Å². The Morgan fingerprint density at radius 2 is 0.983 bits per heavy atom. The number of hydrogen-bond acceptors (Lipinski definition) is 2. The molecule has 13 rings (SSSR count). The maximum absolute atomic E-state index is 6.60. The molecule has 0 saturated carbocycles. The van der Waals surface area contributed by atoms with Crippen LogP contribution in [0.25, 0.3) is 88.0 Å². The fourth-order valence-corrected chi connectivity index (χ4v) is 10.7. The van der Waals surface area contributed by atoms with Crippen molar-refractivity contribution in [2.75, 3.05) is 4.90 Å².